The summed E-state index contributed by atoms with van der Waals surface area (Å²) in [6.07, 6.45) is -0.284. The predicted octanol–water partition coefficient (Wildman–Crippen LogP) is 2.16. The van der Waals surface area contributed by atoms with Crippen LogP contribution in [0.3, 0.4) is 0 Å². The molecular weight excluding hydrogens is 242 g/mol. The molecule has 96 valence electrons. The molecule has 0 radical (unpaired) electrons. The quantitative estimate of drug-likeness (QED) is 0.277. The van der Waals surface area contributed by atoms with Crippen LogP contribution in [-0.2, 0) is 14.3 Å². The summed E-state index contributed by atoms with van der Waals surface area (Å²) in [6, 6.07) is -0.197. The van der Waals surface area contributed by atoms with Gasteiger partial charge in [0, 0.05) is 23.8 Å². The second kappa shape index (κ2) is 6.14. The van der Waals surface area contributed by atoms with Gasteiger partial charge in [0.15, 0.2) is 0 Å². The SMILES string of the molecule is CC(=O)OCC1O[C@@H](S)C(C)[C@@H](N=[N+]=[N-])[C@H]1C. The summed E-state index contributed by atoms with van der Waals surface area (Å²) in [6.45, 7) is 5.36. The first-order chi connectivity index (χ1) is 7.97. The molecule has 2 unspecified atom stereocenters. The van der Waals surface area contributed by atoms with E-state index < -0.39 is 0 Å². The average molecular weight is 259 g/mol. The Balaban J connectivity index is 2.73. The van der Waals surface area contributed by atoms with E-state index in [0.717, 1.165) is 0 Å². The molecule has 1 aliphatic rings. The van der Waals surface area contributed by atoms with Gasteiger partial charge in [-0.15, -0.1) is 12.6 Å². The van der Waals surface area contributed by atoms with E-state index in [0.29, 0.717) is 0 Å². The van der Waals surface area contributed by atoms with E-state index >= 15 is 0 Å². The maximum Gasteiger partial charge on any atom is 0.302 e. The van der Waals surface area contributed by atoms with Gasteiger partial charge in [0.25, 0.3) is 0 Å². The summed E-state index contributed by atoms with van der Waals surface area (Å²) in [5.74, 6) is -0.336. The number of hydrogen-bond acceptors (Lipinski definition) is 5. The van der Waals surface area contributed by atoms with Crippen molar-refractivity contribution in [1.82, 2.24) is 0 Å². The minimum absolute atomic E-state index is 0.0105. The Morgan fingerprint density at radius 3 is 2.71 bits per heavy atom. The maximum absolute atomic E-state index is 10.8. The first-order valence-corrected chi connectivity index (χ1v) is 6.00. The summed E-state index contributed by atoms with van der Waals surface area (Å²) in [7, 11) is 0. The number of thiol groups is 1. The van der Waals surface area contributed by atoms with Gasteiger partial charge in [0.05, 0.1) is 6.10 Å². The number of azide groups is 1. The van der Waals surface area contributed by atoms with E-state index in [4.69, 9.17) is 15.0 Å². The van der Waals surface area contributed by atoms with E-state index in [1.165, 1.54) is 6.92 Å². The van der Waals surface area contributed by atoms with Gasteiger partial charge in [-0.1, -0.05) is 19.0 Å². The molecule has 0 aromatic carbocycles. The van der Waals surface area contributed by atoms with Crippen LogP contribution in [0.15, 0.2) is 5.11 Å². The van der Waals surface area contributed by atoms with Crippen LogP contribution in [0, 0.1) is 11.8 Å². The molecule has 5 atom stereocenters. The van der Waals surface area contributed by atoms with E-state index in [9.17, 15) is 4.79 Å². The van der Waals surface area contributed by atoms with Crippen LogP contribution < -0.4 is 0 Å². The molecule has 0 spiro atoms. The van der Waals surface area contributed by atoms with Crippen molar-refractivity contribution in [3.63, 3.8) is 0 Å². The second-order valence-corrected chi connectivity index (χ2v) is 4.79. The van der Waals surface area contributed by atoms with Gasteiger partial charge in [-0.2, -0.15) is 0 Å². The normalized spacial score (nSPS) is 37.1. The van der Waals surface area contributed by atoms with Crippen molar-refractivity contribution in [3.05, 3.63) is 10.4 Å². The summed E-state index contributed by atoms with van der Waals surface area (Å²) in [4.78, 5) is 13.6. The van der Waals surface area contributed by atoms with E-state index in [1.54, 1.807) is 0 Å². The van der Waals surface area contributed by atoms with Gasteiger partial charge >= 0.3 is 5.97 Å². The lowest BCUT2D eigenvalue weighted by molar-refractivity contribution is -0.153. The zero-order valence-corrected chi connectivity index (χ0v) is 11.0. The van der Waals surface area contributed by atoms with Gasteiger partial charge in [-0.25, -0.2) is 0 Å². The van der Waals surface area contributed by atoms with Crippen molar-refractivity contribution >= 4 is 18.6 Å². The van der Waals surface area contributed by atoms with Crippen molar-refractivity contribution in [2.24, 2.45) is 17.0 Å². The minimum Gasteiger partial charge on any atom is -0.463 e. The Morgan fingerprint density at radius 2 is 2.18 bits per heavy atom. The van der Waals surface area contributed by atoms with Gasteiger partial charge in [0.1, 0.15) is 12.0 Å². The second-order valence-electron chi connectivity index (χ2n) is 4.28. The molecule has 0 N–H and O–H groups in total. The van der Waals surface area contributed by atoms with Crippen LogP contribution in [0.2, 0.25) is 0 Å². The third-order valence-corrected chi connectivity index (χ3v) is 3.66. The maximum atomic E-state index is 10.8. The number of nitrogens with zero attached hydrogens (tertiary/aromatic N) is 3. The predicted molar refractivity (Wildman–Crippen MR) is 65.5 cm³/mol. The van der Waals surface area contributed by atoms with Crippen molar-refractivity contribution in [1.29, 1.82) is 0 Å². The number of ether oxygens (including phenoxy) is 2. The monoisotopic (exact) mass is 259 g/mol. The third-order valence-electron chi connectivity index (χ3n) is 3.06. The lowest BCUT2D eigenvalue weighted by Gasteiger charge is -2.41. The zero-order valence-electron chi connectivity index (χ0n) is 10.1. The summed E-state index contributed by atoms with van der Waals surface area (Å²) >= 11 is 4.31. The Bertz CT molecular complexity index is 333. The van der Waals surface area contributed by atoms with Crippen LogP contribution in [-0.4, -0.2) is 30.2 Å². The topological polar surface area (TPSA) is 84.3 Å². The number of esters is 1. The Labute approximate surface area is 106 Å². The standard InChI is InChI=1S/C10H17N3O3S/c1-5-8(4-15-7(3)14)16-10(17)6(2)9(5)12-13-11/h5-6,8-10,17H,4H2,1-3H3/t5-,6?,8?,9-,10-/m0/s1. The molecule has 1 heterocycles. The molecule has 6 nitrogen and oxygen atoms in total. The molecule has 0 saturated carbocycles. The molecule has 0 aromatic heterocycles. The zero-order chi connectivity index (χ0) is 13.0. The lowest BCUT2D eigenvalue weighted by Crippen LogP contribution is -2.48. The van der Waals surface area contributed by atoms with Crippen molar-refractivity contribution in [2.45, 2.75) is 38.4 Å². The van der Waals surface area contributed by atoms with Crippen molar-refractivity contribution < 1.29 is 14.3 Å². The lowest BCUT2D eigenvalue weighted by atomic mass is 9.85. The molecule has 7 heteroatoms. The third kappa shape index (κ3) is 3.52. The first kappa shape index (κ1) is 14.2. The molecule has 1 fully saturated rings. The average Bonchev–Trinajstić information content (AvgIpc) is 2.27. The molecule has 0 aromatic rings. The van der Waals surface area contributed by atoms with Crippen molar-refractivity contribution in [2.75, 3.05) is 6.61 Å². The largest absolute Gasteiger partial charge is 0.463 e. The van der Waals surface area contributed by atoms with Gasteiger partial charge in [-0.3, -0.25) is 4.79 Å². The summed E-state index contributed by atoms with van der Waals surface area (Å²) in [5, 5.41) is 3.78. The van der Waals surface area contributed by atoms with Crippen molar-refractivity contribution in [3.8, 4) is 0 Å². The molecular formula is C10H17N3O3S. The summed E-state index contributed by atoms with van der Waals surface area (Å²) in [5.41, 5.74) is 8.23. The highest BCUT2D eigenvalue weighted by atomic mass is 32.1. The fourth-order valence-electron chi connectivity index (χ4n) is 1.95. The molecule has 0 amide bonds. The van der Waals surface area contributed by atoms with Gasteiger partial charge in [-0.05, 0) is 11.4 Å². The number of carbonyl (C=O) groups is 1. The number of rotatable bonds is 3. The smallest absolute Gasteiger partial charge is 0.302 e. The van der Waals surface area contributed by atoms with Crippen LogP contribution in [0.4, 0.5) is 0 Å². The van der Waals surface area contributed by atoms with Crippen LogP contribution in [0.1, 0.15) is 20.8 Å². The Morgan fingerprint density at radius 1 is 1.53 bits per heavy atom. The molecule has 0 aliphatic carbocycles. The summed E-state index contributed by atoms with van der Waals surface area (Å²) < 4.78 is 10.6. The Kier molecular flexibility index (Phi) is 5.11. The van der Waals surface area contributed by atoms with E-state index in [1.807, 2.05) is 13.8 Å². The van der Waals surface area contributed by atoms with E-state index in [2.05, 4.69) is 22.7 Å². The fourth-order valence-corrected chi connectivity index (χ4v) is 2.29. The minimum atomic E-state index is -0.351. The number of hydrogen-bond donors (Lipinski definition) is 1. The van der Waals surface area contributed by atoms with Gasteiger partial charge < -0.3 is 9.47 Å². The Hall–Kier alpha value is -0.910. The molecule has 1 aliphatic heterocycles. The molecule has 17 heavy (non-hydrogen) atoms. The van der Waals surface area contributed by atoms with Gasteiger partial charge in [0.2, 0.25) is 0 Å². The molecule has 0 bridgehead atoms. The first-order valence-electron chi connectivity index (χ1n) is 5.48. The highest BCUT2D eigenvalue weighted by Gasteiger charge is 2.39. The van der Waals surface area contributed by atoms with Crippen LogP contribution in [0.25, 0.3) is 10.4 Å². The number of carbonyl (C=O) groups excluding carboxylic acids is 1. The van der Waals surface area contributed by atoms with Crippen LogP contribution >= 0.6 is 12.6 Å². The highest BCUT2D eigenvalue weighted by molar-refractivity contribution is 7.80. The fraction of sp³-hybridized carbons (Fsp3) is 0.900. The highest BCUT2D eigenvalue weighted by Crippen LogP contribution is 2.34. The molecule has 1 saturated heterocycles. The molecule has 1 rings (SSSR count). The van der Waals surface area contributed by atoms with E-state index in [-0.39, 0.29) is 42.0 Å². The van der Waals surface area contributed by atoms with Crippen LogP contribution in [0.5, 0.6) is 0 Å².